The average molecular weight is 441 g/mol. The number of rotatable bonds is 5. The SMILES string of the molecule is O=C([N-]c1c[n+](Cc2ccc(-c3cncnc3)nc2)no1)Nc1cccc(C(F)(F)F)c1. The summed E-state index contributed by atoms with van der Waals surface area (Å²) in [4.78, 5) is 24.3. The van der Waals surface area contributed by atoms with Crippen LogP contribution in [0.5, 0.6) is 0 Å². The Hall–Kier alpha value is -4.35. The van der Waals surface area contributed by atoms with Gasteiger partial charge in [0.2, 0.25) is 18.6 Å². The van der Waals surface area contributed by atoms with Crippen molar-refractivity contribution in [3.8, 4) is 11.3 Å². The van der Waals surface area contributed by atoms with Crippen LogP contribution in [0.4, 0.5) is 29.5 Å². The van der Waals surface area contributed by atoms with E-state index in [1.54, 1.807) is 18.6 Å². The van der Waals surface area contributed by atoms with Crippen LogP contribution in [0.3, 0.4) is 0 Å². The fraction of sp³-hybridized carbons (Fsp3) is 0.100. The monoisotopic (exact) mass is 441 g/mol. The number of alkyl halides is 3. The fourth-order valence-electron chi connectivity index (χ4n) is 2.72. The van der Waals surface area contributed by atoms with Gasteiger partial charge in [-0.15, -0.1) is 0 Å². The highest BCUT2D eigenvalue weighted by atomic mass is 19.4. The molecule has 0 atom stereocenters. The Kier molecular flexibility index (Phi) is 5.75. The Bertz CT molecular complexity index is 1210. The highest BCUT2D eigenvalue weighted by Gasteiger charge is 2.30. The van der Waals surface area contributed by atoms with Crippen molar-refractivity contribution in [2.75, 3.05) is 5.32 Å². The number of nitrogens with zero attached hydrogens (tertiary/aromatic N) is 6. The lowest BCUT2D eigenvalue weighted by molar-refractivity contribution is -0.754. The molecule has 162 valence electrons. The van der Waals surface area contributed by atoms with Gasteiger partial charge in [-0.25, -0.2) is 9.97 Å². The second kappa shape index (κ2) is 8.79. The molecule has 1 N–H and O–H groups in total. The Morgan fingerprint density at radius 1 is 1.12 bits per heavy atom. The van der Waals surface area contributed by atoms with Crippen LogP contribution >= 0.6 is 0 Å². The minimum atomic E-state index is -4.52. The van der Waals surface area contributed by atoms with Crippen molar-refractivity contribution in [2.24, 2.45) is 0 Å². The van der Waals surface area contributed by atoms with E-state index in [0.717, 1.165) is 23.3 Å². The Balaban J connectivity index is 1.35. The number of hydrogen-bond acceptors (Lipinski definition) is 6. The number of aromatic nitrogens is 5. The van der Waals surface area contributed by atoms with E-state index >= 15 is 0 Å². The summed E-state index contributed by atoms with van der Waals surface area (Å²) in [5.74, 6) is -0.111. The number of anilines is 1. The first-order chi connectivity index (χ1) is 15.4. The van der Waals surface area contributed by atoms with Gasteiger partial charge in [-0.1, -0.05) is 18.2 Å². The predicted molar refractivity (Wildman–Crippen MR) is 105 cm³/mol. The van der Waals surface area contributed by atoms with Crippen LogP contribution in [0.1, 0.15) is 11.1 Å². The molecule has 12 heteroatoms. The minimum Gasteiger partial charge on any atom is -0.424 e. The molecular formula is C20H14F3N7O2. The second-order valence-electron chi connectivity index (χ2n) is 6.54. The second-order valence-corrected chi connectivity index (χ2v) is 6.54. The third kappa shape index (κ3) is 5.22. The first-order valence-electron chi connectivity index (χ1n) is 9.13. The van der Waals surface area contributed by atoms with Crippen molar-refractivity contribution in [1.29, 1.82) is 0 Å². The zero-order chi connectivity index (χ0) is 22.6. The lowest BCUT2D eigenvalue weighted by Crippen LogP contribution is -2.35. The minimum absolute atomic E-state index is 0.0454. The van der Waals surface area contributed by atoms with Crippen LogP contribution in [0.25, 0.3) is 16.6 Å². The van der Waals surface area contributed by atoms with Gasteiger partial charge < -0.3 is 15.2 Å². The zero-order valence-corrected chi connectivity index (χ0v) is 16.2. The van der Waals surface area contributed by atoms with Crippen molar-refractivity contribution in [2.45, 2.75) is 12.7 Å². The average Bonchev–Trinajstić information content (AvgIpc) is 3.21. The molecule has 0 spiro atoms. The molecule has 4 aromatic rings. The molecule has 0 unspecified atom stereocenters. The molecule has 3 aromatic heterocycles. The number of benzene rings is 1. The van der Waals surface area contributed by atoms with Crippen LogP contribution < -0.4 is 10.00 Å². The van der Waals surface area contributed by atoms with Gasteiger partial charge in [0, 0.05) is 29.7 Å². The number of urea groups is 1. The number of amides is 2. The van der Waals surface area contributed by atoms with Crippen molar-refractivity contribution in [3.63, 3.8) is 0 Å². The van der Waals surface area contributed by atoms with E-state index in [0.29, 0.717) is 12.2 Å². The van der Waals surface area contributed by atoms with Gasteiger partial charge in [0.15, 0.2) is 11.3 Å². The predicted octanol–water partition coefficient (Wildman–Crippen LogP) is 4.12. The highest BCUT2D eigenvalue weighted by molar-refractivity contribution is 6.03. The topological polar surface area (TPSA) is 112 Å². The molecule has 3 heterocycles. The Morgan fingerprint density at radius 3 is 2.66 bits per heavy atom. The molecule has 0 aliphatic carbocycles. The van der Waals surface area contributed by atoms with Gasteiger partial charge >= 0.3 is 6.18 Å². The number of halogens is 3. The smallest absolute Gasteiger partial charge is 0.416 e. The lowest BCUT2D eigenvalue weighted by Gasteiger charge is -2.15. The van der Waals surface area contributed by atoms with E-state index < -0.39 is 17.8 Å². The van der Waals surface area contributed by atoms with E-state index in [2.05, 4.69) is 30.9 Å². The molecule has 0 saturated heterocycles. The molecule has 0 radical (unpaired) electrons. The number of hydrogen-bond donors (Lipinski definition) is 1. The summed E-state index contributed by atoms with van der Waals surface area (Å²) in [6, 6.07) is 6.97. The molecule has 2 amide bonds. The quantitative estimate of drug-likeness (QED) is 0.467. The first-order valence-corrected chi connectivity index (χ1v) is 9.13. The number of nitrogens with one attached hydrogen (secondary N) is 1. The van der Waals surface area contributed by atoms with E-state index in [1.807, 2.05) is 12.1 Å². The van der Waals surface area contributed by atoms with Crippen LogP contribution in [0.2, 0.25) is 0 Å². The van der Waals surface area contributed by atoms with Crippen LogP contribution in [0, 0.1) is 0 Å². The molecule has 0 saturated carbocycles. The van der Waals surface area contributed by atoms with E-state index in [-0.39, 0.29) is 11.6 Å². The summed E-state index contributed by atoms with van der Waals surface area (Å²) < 4.78 is 44.7. The summed E-state index contributed by atoms with van der Waals surface area (Å²) in [5, 5.41) is 9.68. The largest absolute Gasteiger partial charge is 0.424 e. The van der Waals surface area contributed by atoms with Gasteiger partial charge in [-0.2, -0.15) is 13.2 Å². The molecule has 0 fully saturated rings. The van der Waals surface area contributed by atoms with E-state index in [4.69, 9.17) is 4.52 Å². The third-order valence-corrected chi connectivity index (χ3v) is 4.18. The van der Waals surface area contributed by atoms with E-state index in [9.17, 15) is 18.0 Å². The fourth-order valence-corrected chi connectivity index (χ4v) is 2.72. The molecule has 0 aliphatic heterocycles. The van der Waals surface area contributed by atoms with E-state index in [1.165, 1.54) is 29.3 Å². The highest BCUT2D eigenvalue weighted by Crippen LogP contribution is 2.31. The number of carbonyl (C=O) groups excluding carboxylic acids is 1. The van der Waals surface area contributed by atoms with Gasteiger partial charge in [0.25, 0.3) is 0 Å². The molecule has 0 bridgehead atoms. The van der Waals surface area contributed by atoms with Crippen LogP contribution in [0.15, 0.2) is 72.0 Å². The third-order valence-electron chi connectivity index (χ3n) is 4.18. The summed E-state index contributed by atoms with van der Waals surface area (Å²) in [6.07, 6.45) is 3.25. The summed E-state index contributed by atoms with van der Waals surface area (Å²) in [7, 11) is 0. The number of carbonyl (C=O) groups is 1. The number of pyridine rings is 1. The van der Waals surface area contributed by atoms with Gasteiger partial charge in [0.05, 0.1) is 11.3 Å². The molecular weight excluding hydrogens is 427 g/mol. The van der Waals surface area contributed by atoms with Crippen molar-refractivity contribution >= 4 is 17.6 Å². The molecule has 1 aromatic carbocycles. The lowest BCUT2D eigenvalue weighted by atomic mass is 10.2. The molecule has 9 nitrogen and oxygen atoms in total. The maximum Gasteiger partial charge on any atom is 0.416 e. The zero-order valence-electron chi connectivity index (χ0n) is 16.2. The molecule has 32 heavy (non-hydrogen) atoms. The standard InChI is InChI=1S/C20H14F3N7O2/c21-20(22,23)15-2-1-3-16(6-15)27-19(31)28-18-11-30(29-32-18)10-13-4-5-17(26-7-13)14-8-24-12-25-9-14/h1-9,11-12H,10H2,(H-,27,28,29,31). The van der Waals surface area contributed by atoms with Crippen molar-refractivity contribution < 1.29 is 27.2 Å². The van der Waals surface area contributed by atoms with Crippen LogP contribution in [-0.2, 0) is 12.7 Å². The van der Waals surface area contributed by atoms with Crippen molar-refractivity contribution in [3.05, 3.63) is 84.0 Å². The van der Waals surface area contributed by atoms with Gasteiger partial charge in [0.1, 0.15) is 6.33 Å². The molecule has 0 aliphatic rings. The van der Waals surface area contributed by atoms with Gasteiger partial charge in [-0.05, 0) is 28.6 Å². The van der Waals surface area contributed by atoms with Gasteiger partial charge in [-0.3, -0.25) is 9.78 Å². The van der Waals surface area contributed by atoms with Crippen LogP contribution in [-0.4, -0.2) is 26.3 Å². The maximum absolute atomic E-state index is 12.8. The first kappa shape index (κ1) is 20.9. The Labute approximate surface area is 178 Å². The summed E-state index contributed by atoms with van der Waals surface area (Å²) >= 11 is 0. The Morgan fingerprint density at radius 2 is 1.94 bits per heavy atom. The summed E-state index contributed by atoms with van der Waals surface area (Å²) in [5.41, 5.74) is 1.37. The van der Waals surface area contributed by atoms with Crippen molar-refractivity contribution in [1.82, 2.24) is 20.2 Å². The maximum atomic E-state index is 12.8. The summed E-state index contributed by atoms with van der Waals surface area (Å²) in [6.45, 7) is 0.298. The normalized spacial score (nSPS) is 11.2. The molecule has 4 rings (SSSR count).